The van der Waals surface area contributed by atoms with Crippen molar-refractivity contribution in [1.82, 2.24) is 0 Å². The summed E-state index contributed by atoms with van der Waals surface area (Å²) in [6, 6.07) is 0. The third-order valence-corrected chi connectivity index (χ3v) is 2.46. The molecule has 0 heterocycles. The molecule has 0 spiro atoms. The molecule has 1 N–H and O–H groups in total. The highest BCUT2D eigenvalue weighted by molar-refractivity contribution is 5.76. The Labute approximate surface area is 64.7 Å². The molecule has 0 aromatic heterocycles. The van der Waals surface area contributed by atoms with E-state index in [9.17, 15) is 9.18 Å². The standard InChI is InChI=1S/C8H11FO2/c1-8(2)5(3-4-9)6(8)7(10)11/h3-6H,1-2H3,(H,10,11)/t5-,6+/m1/s1. The van der Waals surface area contributed by atoms with Crippen LogP contribution in [0.2, 0.25) is 0 Å². The monoisotopic (exact) mass is 158 g/mol. The van der Waals surface area contributed by atoms with Gasteiger partial charge in [-0.15, -0.1) is 0 Å². The van der Waals surface area contributed by atoms with Crippen molar-refractivity contribution in [3.05, 3.63) is 12.4 Å². The highest BCUT2D eigenvalue weighted by Crippen LogP contribution is 2.58. The van der Waals surface area contributed by atoms with Gasteiger partial charge in [-0.1, -0.05) is 19.9 Å². The fraction of sp³-hybridized carbons (Fsp3) is 0.625. The summed E-state index contributed by atoms with van der Waals surface area (Å²) in [6.07, 6.45) is 1.74. The van der Waals surface area contributed by atoms with E-state index in [0.717, 1.165) is 0 Å². The summed E-state index contributed by atoms with van der Waals surface area (Å²) < 4.78 is 11.7. The Morgan fingerprint density at radius 2 is 2.18 bits per heavy atom. The quantitative estimate of drug-likeness (QED) is 0.665. The Balaban J connectivity index is 2.68. The maximum atomic E-state index is 11.7. The normalized spacial score (nSPS) is 34.1. The number of rotatable bonds is 2. The summed E-state index contributed by atoms with van der Waals surface area (Å²) in [5.74, 6) is -1.38. The fourth-order valence-electron chi connectivity index (χ4n) is 1.59. The SMILES string of the molecule is CC1(C)[C@H](C=CF)[C@H]1C(=O)O. The number of hydrogen-bond acceptors (Lipinski definition) is 1. The van der Waals surface area contributed by atoms with Gasteiger partial charge in [-0.3, -0.25) is 4.79 Å². The molecule has 0 aromatic rings. The lowest BCUT2D eigenvalue weighted by Crippen LogP contribution is -2.02. The molecule has 0 bridgehead atoms. The van der Waals surface area contributed by atoms with Gasteiger partial charge in [0.15, 0.2) is 0 Å². The third kappa shape index (κ3) is 1.15. The molecular weight excluding hydrogens is 147 g/mol. The van der Waals surface area contributed by atoms with E-state index in [0.29, 0.717) is 6.33 Å². The van der Waals surface area contributed by atoms with E-state index in [1.165, 1.54) is 6.08 Å². The first-order chi connectivity index (χ1) is 5.01. The van der Waals surface area contributed by atoms with Gasteiger partial charge in [-0.05, 0) is 11.3 Å². The van der Waals surface area contributed by atoms with Crippen molar-refractivity contribution in [1.29, 1.82) is 0 Å². The molecule has 62 valence electrons. The lowest BCUT2D eigenvalue weighted by molar-refractivity contribution is -0.139. The van der Waals surface area contributed by atoms with Crippen LogP contribution in [0.3, 0.4) is 0 Å². The van der Waals surface area contributed by atoms with Crippen molar-refractivity contribution in [3.63, 3.8) is 0 Å². The van der Waals surface area contributed by atoms with Crippen LogP contribution in [0, 0.1) is 17.3 Å². The first-order valence-corrected chi connectivity index (χ1v) is 3.51. The number of carboxylic acid groups (broad SMARTS) is 1. The summed E-state index contributed by atoms with van der Waals surface area (Å²) >= 11 is 0. The molecule has 0 amide bonds. The second-order valence-corrected chi connectivity index (χ2v) is 3.48. The molecule has 3 heteroatoms. The van der Waals surface area contributed by atoms with Crippen LogP contribution in [-0.4, -0.2) is 11.1 Å². The lowest BCUT2D eigenvalue weighted by atomic mass is 10.1. The number of hydrogen-bond donors (Lipinski definition) is 1. The molecule has 1 aliphatic rings. The van der Waals surface area contributed by atoms with Crippen LogP contribution >= 0.6 is 0 Å². The first-order valence-electron chi connectivity index (χ1n) is 3.51. The number of aliphatic carboxylic acids is 1. The maximum Gasteiger partial charge on any atom is 0.307 e. The van der Waals surface area contributed by atoms with Gasteiger partial charge in [0.25, 0.3) is 0 Å². The largest absolute Gasteiger partial charge is 0.481 e. The smallest absolute Gasteiger partial charge is 0.307 e. The Bertz CT molecular complexity index is 208. The topological polar surface area (TPSA) is 37.3 Å². The number of halogens is 1. The molecule has 2 atom stereocenters. The zero-order valence-electron chi connectivity index (χ0n) is 6.54. The maximum absolute atomic E-state index is 11.7. The minimum atomic E-state index is -0.835. The summed E-state index contributed by atoms with van der Waals surface area (Å²) in [5, 5.41) is 8.63. The van der Waals surface area contributed by atoms with Crippen LogP contribution in [-0.2, 0) is 4.79 Å². The first kappa shape index (κ1) is 8.24. The highest BCUT2D eigenvalue weighted by atomic mass is 19.1. The van der Waals surface area contributed by atoms with E-state index in [4.69, 9.17) is 5.11 Å². The Hall–Kier alpha value is -0.860. The highest BCUT2D eigenvalue weighted by Gasteiger charge is 2.60. The molecule has 11 heavy (non-hydrogen) atoms. The predicted molar refractivity (Wildman–Crippen MR) is 38.6 cm³/mol. The Morgan fingerprint density at radius 1 is 1.64 bits per heavy atom. The van der Waals surface area contributed by atoms with Gasteiger partial charge in [0.05, 0.1) is 12.2 Å². The van der Waals surface area contributed by atoms with Gasteiger partial charge in [-0.2, -0.15) is 0 Å². The average Bonchev–Trinajstić information content (AvgIpc) is 2.35. The second kappa shape index (κ2) is 2.32. The molecular formula is C8H11FO2. The van der Waals surface area contributed by atoms with Gasteiger partial charge in [0, 0.05) is 0 Å². The van der Waals surface area contributed by atoms with Gasteiger partial charge in [-0.25, -0.2) is 4.39 Å². The zero-order chi connectivity index (χ0) is 8.65. The third-order valence-electron chi connectivity index (χ3n) is 2.46. The molecule has 0 saturated heterocycles. The van der Waals surface area contributed by atoms with E-state index < -0.39 is 11.9 Å². The Morgan fingerprint density at radius 3 is 2.45 bits per heavy atom. The van der Waals surface area contributed by atoms with Crippen molar-refractivity contribution in [2.24, 2.45) is 17.3 Å². The molecule has 1 saturated carbocycles. The molecule has 0 aliphatic heterocycles. The van der Waals surface area contributed by atoms with E-state index in [1.54, 1.807) is 0 Å². The van der Waals surface area contributed by atoms with Crippen molar-refractivity contribution >= 4 is 5.97 Å². The number of carbonyl (C=O) groups is 1. The van der Waals surface area contributed by atoms with Gasteiger partial charge < -0.3 is 5.11 Å². The van der Waals surface area contributed by atoms with Crippen LogP contribution in [0.4, 0.5) is 4.39 Å². The molecule has 2 nitrogen and oxygen atoms in total. The molecule has 0 radical (unpaired) electrons. The van der Waals surface area contributed by atoms with E-state index in [2.05, 4.69) is 0 Å². The van der Waals surface area contributed by atoms with Crippen LogP contribution in [0.15, 0.2) is 12.4 Å². The van der Waals surface area contributed by atoms with Gasteiger partial charge >= 0.3 is 5.97 Å². The van der Waals surface area contributed by atoms with E-state index in [1.807, 2.05) is 13.8 Å². The van der Waals surface area contributed by atoms with Crippen molar-refractivity contribution in [2.75, 3.05) is 0 Å². The molecule has 1 rings (SSSR count). The van der Waals surface area contributed by atoms with Crippen LogP contribution in [0.25, 0.3) is 0 Å². The van der Waals surface area contributed by atoms with Crippen LogP contribution in [0.5, 0.6) is 0 Å². The van der Waals surface area contributed by atoms with Crippen molar-refractivity contribution in [3.8, 4) is 0 Å². The van der Waals surface area contributed by atoms with Crippen LogP contribution < -0.4 is 0 Å². The Kier molecular flexibility index (Phi) is 1.74. The van der Waals surface area contributed by atoms with Crippen molar-refractivity contribution < 1.29 is 14.3 Å². The number of carboxylic acids is 1. The summed E-state index contributed by atoms with van der Waals surface area (Å²) in [6.45, 7) is 3.66. The summed E-state index contributed by atoms with van der Waals surface area (Å²) in [5.41, 5.74) is -0.269. The molecule has 1 fully saturated rings. The van der Waals surface area contributed by atoms with Gasteiger partial charge in [0.1, 0.15) is 0 Å². The van der Waals surface area contributed by atoms with E-state index in [-0.39, 0.29) is 11.3 Å². The van der Waals surface area contributed by atoms with E-state index >= 15 is 0 Å². The molecule has 0 aromatic carbocycles. The van der Waals surface area contributed by atoms with Crippen molar-refractivity contribution in [2.45, 2.75) is 13.8 Å². The fourth-order valence-corrected chi connectivity index (χ4v) is 1.59. The van der Waals surface area contributed by atoms with Crippen LogP contribution in [0.1, 0.15) is 13.8 Å². The predicted octanol–water partition coefficient (Wildman–Crippen LogP) is 1.83. The molecule has 0 unspecified atom stereocenters. The summed E-state index contributed by atoms with van der Waals surface area (Å²) in [7, 11) is 0. The molecule has 1 aliphatic carbocycles. The lowest BCUT2D eigenvalue weighted by Gasteiger charge is -1.95. The summed E-state index contributed by atoms with van der Waals surface area (Å²) in [4.78, 5) is 10.5. The second-order valence-electron chi connectivity index (χ2n) is 3.48. The average molecular weight is 158 g/mol. The van der Waals surface area contributed by atoms with Gasteiger partial charge in [0.2, 0.25) is 0 Å². The minimum Gasteiger partial charge on any atom is -0.481 e. The zero-order valence-corrected chi connectivity index (χ0v) is 6.54. The number of allylic oxidation sites excluding steroid dienone is 1. The minimum absolute atomic E-state index is 0.134.